The van der Waals surface area contributed by atoms with Crippen molar-refractivity contribution in [2.45, 2.75) is 20.8 Å². The van der Waals surface area contributed by atoms with E-state index in [0.29, 0.717) is 11.6 Å². The summed E-state index contributed by atoms with van der Waals surface area (Å²) in [4.78, 5) is 4.15. The average Bonchev–Trinajstić information content (AvgIpc) is 2.80. The molecular formula is C17H17N3O. The van der Waals surface area contributed by atoms with Gasteiger partial charge in [-0.2, -0.15) is 0 Å². The van der Waals surface area contributed by atoms with Crippen molar-refractivity contribution in [3.63, 3.8) is 0 Å². The number of hydrogen-bond acceptors (Lipinski definition) is 4. The number of anilines is 1. The van der Waals surface area contributed by atoms with Gasteiger partial charge in [-0.3, -0.25) is 4.98 Å². The van der Waals surface area contributed by atoms with Crippen molar-refractivity contribution < 1.29 is 4.52 Å². The normalized spacial score (nSPS) is 10.8. The number of pyridine rings is 1. The third kappa shape index (κ3) is 2.29. The molecule has 0 aliphatic heterocycles. The number of nitrogens with zero attached hydrogens (tertiary/aromatic N) is 2. The van der Waals surface area contributed by atoms with E-state index < -0.39 is 0 Å². The summed E-state index contributed by atoms with van der Waals surface area (Å²) >= 11 is 0. The van der Waals surface area contributed by atoms with Crippen LogP contribution in [0.25, 0.3) is 22.5 Å². The first-order valence-electron chi connectivity index (χ1n) is 6.81. The summed E-state index contributed by atoms with van der Waals surface area (Å²) in [6.45, 7) is 6.22. The molecule has 3 rings (SSSR count). The molecule has 4 nitrogen and oxygen atoms in total. The van der Waals surface area contributed by atoms with Crippen molar-refractivity contribution in [2.24, 2.45) is 0 Å². The smallest absolute Gasteiger partial charge is 0.177 e. The Balaban J connectivity index is 2.27. The molecule has 0 aliphatic rings. The van der Waals surface area contributed by atoms with Crippen LogP contribution < -0.4 is 5.73 Å². The van der Waals surface area contributed by atoms with Gasteiger partial charge >= 0.3 is 0 Å². The predicted molar refractivity (Wildman–Crippen MR) is 83.8 cm³/mol. The molecule has 0 radical (unpaired) electrons. The van der Waals surface area contributed by atoms with Crippen molar-refractivity contribution in [1.29, 1.82) is 0 Å². The van der Waals surface area contributed by atoms with Crippen LogP contribution in [0.2, 0.25) is 0 Å². The van der Waals surface area contributed by atoms with Crippen LogP contribution in [0.4, 0.5) is 5.82 Å². The number of nitrogens with two attached hydrogens (primary N) is 1. The van der Waals surface area contributed by atoms with Crippen molar-refractivity contribution in [3.8, 4) is 22.5 Å². The summed E-state index contributed by atoms with van der Waals surface area (Å²) in [5.74, 6) is 1.09. The number of aromatic nitrogens is 2. The molecule has 106 valence electrons. The number of hydrogen-bond donors (Lipinski definition) is 1. The van der Waals surface area contributed by atoms with Crippen LogP contribution in [-0.2, 0) is 0 Å². The zero-order valence-electron chi connectivity index (χ0n) is 12.3. The maximum Gasteiger partial charge on any atom is 0.177 e. The minimum Gasteiger partial charge on any atom is -0.380 e. The molecule has 2 aromatic heterocycles. The van der Waals surface area contributed by atoms with Gasteiger partial charge in [-0.1, -0.05) is 28.9 Å². The maximum absolute atomic E-state index is 6.01. The second-order valence-electron chi connectivity index (χ2n) is 5.29. The Morgan fingerprint density at radius 2 is 1.76 bits per heavy atom. The topological polar surface area (TPSA) is 64.9 Å². The molecule has 0 atom stereocenters. The highest BCUT2D eigenvalue weighted by atomic mass is 16.5. The van der Waals surface area contributed by atoms with Gasteiger partial charge in [-0.05, 0) is 38.0 Å². The summed E-state index contributed by atoms with van der Waals surface area (Å²) in [7, 11) is 0. The minimum atomic E-state index is 0.386. The Kier molecular flexibility index (Phi) is 3.22. The van der Waals surface area contributed by atoms with E-state index in [1.54, 1.807) is 12.4 Å². The number of nitrogen functional groups attached to an aromatic ring is 1. The fourth-order valence-corrected chi connectivity index (χ4v) is 2.80. The van der Waals surface area contributed by atoms with Gasteiger partial charge < -0.3 is 10.3 Å². The van der Waals surface area contributed by atoms with Crippen molar-refractivity contribution in [3.05, 3.63) is 53.3 Å². The van der Waals surface area contributed by atoms with E-state index in [9.17, 15) is 0 Å². The molecule has 3 aromatic rings. The molecule has 2 N–H and O–H groups in total. The fourth-order valence-electron chi connectivity index (χ4n) is 2.80. The molecule has 0 saturated carbocycles. The Morgan fingerprint density at radius 3 is 2.38 bits per heavy atom. The van der Waals surface area contributed by atoms with Crippen LogP contribution in [0.1, 0.15) is 16.7 Å². The van der Waals surface area contributed by atoms with Gasteiger partial charge in [-0.25, -0.2) is 0 Å². The molecule has 0 bridgehead atoms. The summed E-state index contributed by atoms with van der Waals surface area (Å²) in [6.07, 6.45) is 3.50. The molecule has 0 spiro atoms. The molecule has 2 heterocycles. The maximum atomic E-state index is 6.01. The van der Waals surface area contributed by atoms with Gasteiger partial charge in [0, 0.05) is 23.5 Å². The zero-order valence-corrected chi connectivity index (χ0v) is 12.3. The van der Waals surface area contributed by atoms with Gasteiger partial charge in [0.15, 0.2) is 11.6 Å². The Labute approximate surface area is 123 Å². The van der Waals surface area contributed by atoms with Crippen LogP contribution >= 0.6 is 0 Å². The van der Waals surface area contributed by atoms with Crippen LogP contribution in [0, 0.1) is 20.8 Å². The number of aryl methyl sites for hydroxylation is 3. The largest absolute Gasteiger partial charge is 0.380 e. The van der Waals surface area contributed by atoms with Crippen molar-refractivity contribution >= 4 is 5.82 Å². The summed E-state index contributed by atoms with van der Waals surface area (Å²) < 4.78 is 5.53. The standard InChI is InChI=1S/C17H17N3O/c1-10-7-11(2)14(12(3)8-10)16-15(17(18)20-21-16)13-5-4-6-19-9-13/h4-9H,1-3H3,(H2,18,20). The van der Waals surface area contributed by atoms with E-state index in [1.807, 2.05) is 12.1 Å². The van der Waals surface area contributed by atoms with Gasteiger partial charge in [0.05, 0.1) is 5.56 Å². The fraction of sp³-hybridized carbons (Fsp3) is 0.176. The highest BCUT2D eigenvalue weighted by Crippen LogP contribution is 2.39. The first-order chi connectivity index (χ1) is 10.1. The average molecular weight is 279 g/mol. The van der Waals surface area contributed by atoms with Crippen LogP contribution in [-0.4, -0.2) is 10.1 Å². The molecule has 0 fully saturated rings. The number of rotatable bonds is 2. The van der Waals surface area contributed by atoms with Crippen LogP contribution in [0.15, 0.2) is 41.2 Å². The van der Waals surface area contributed by atoms with Crippen LogP contribution in [0.5, 0.6) is 0 Å². The van der Waals surface area contributed by atoms with E-state index in [-0.39, 0.29) is 0 Å². The van der Waals surface area contributed by atoms with E-state index in [2.05, 4.69) is 43.0 Å². The van der Waals surface area contributed by atoms with Gasteiger partial charge in [0.2, 0.25) is 0 Å². The molecule has 1 aromatic carbocycles. The lowest BCUT2D eigenvalue weighted by Gasteiger charge is -2.10. The Morgan fingerprint density at radius 1 is 1.05 bits per heavy atom. The first kappa shape index (κ1) is 13.4. The van der Waals surface area contributed by atoms with E-state index >= 15 is 0 Å². The second kappa shape index (κ2) is 5.05. The summed E-state index contributed by atoms with van der Waals surface area (Å²) in [5, 5.41) is 3.95. The molecule has 4 heteroatoms. The van der Waals surface area contributed by atoms with Gasteiger partial charge in [0.1, 0.15) is 0 Å². The summed E-state index contributed by atoms with van der Waals surface area (Å²) in [6, 6.07) is 8.10. The van der Waals surface area contributed by atoms with E-state index in [1.165, 1.54) is 5.56 Å². The molecule has 0 unspecified atom stereocenters. The lowest BCUT2D eigenvalue weighted by Crippen LogP contribution is -1.93. The zero-order chi connectivity index (χ0) is 15.0. The highest BCUT2D eigenvalue weighted by Gasteiger charge is 2.20. The van der Waals surface area contributed by atoms with E-state index in [0.717, 1.165) is 27.8 Å². The highest BCUT2D eigenvalue weighted by molar-refractivity contribution is 5.88. The Hall–Kier alpha value is -2.62. The molecular weight excluding hydrogens is 262 g/mol. The van der Waals surface area contributed by atoms with Crippen molar-refractivity contribution in [2.75, 3.05) is 5.73 Å². The molecule has 21 heavy (non-hydrogen) atoms. The van der Waals surface area contributed by atoms with Crippen LogP contribution in [0.3, 0.4) is 0 Å². The molecule has 0 aliphatic carbocycles. The lowest BCUT2D eigenvalue weighted by atomic mass is 9.94. The molecule has 0 saturated heterocycles. The predicted octanol–water partition coefficient (Wildman–Crippen LogP) is 3.91. The third-order valence-electron chi connectivity index (χ3n) is 3.57. The minimum absolute atomic E-state index is 0.386. The Bertz CT molecular complexity index is 768. The monoisotopic (exact) mass is 279 g/mol. The first-order valence-corrected chi connectivity index (χ1v) is 6.81. The second-order valence-corrected chi connectivity index (χ2v) is 5.29. The quantitative estimate of drug-likeness (QED) is 0.772. The molecule has 0 amide bonds. The van der Waals surface area contributed by atoms with Gasteiger partial charge in [0.25, 0.3) is 0 Å². The third-order valence-corrected chi connectivity index (χ3v) is 3.57. The van der Waals surface area contributed by atoms with Gasteiger partial charge in [-0.15, -0.1) is 0 Å². The summed E-state index contributed by atoms with van der Waals surface area (Å²) in [5.41, 5.74) is 12.3. The van der Waals surface area contributed by atoms with Crippen molar-refractivity contribution in [1.82, 2.24) is 10.1 Å². The SMILES string of the molecule is Cc1cc(C)c(-c2onc(N)c2-c2cccnc2)c(C)c1. The van der Waals surface area contributed by atoms with E-state index in [4.69, 9.17) is 10.3 Å². The number of benzene rings is 1. The lowest BCUT2D eigenvalue weighted by molar-refractivity contribution is 0.435.